The van der Waals surface area contributed by atoms with Crippen LogP contribution >= 0.6 is 11.3 Å². The molecule has 0 saturated carbocycles. The summed E-state index contributed by atoms with van der Waals surface area (Å²) in [5, 5.41) is 2.91. The van der Waals surface area contributed by atoms with Crippen molar-refractivity contribution in [1.29, 1.82) is 0 Å². The highest BCUT2D eigenvalue weighted by molar-refractivity contribution is 7.17. The molecule has 32 heavy (non-hydrogen) atoms. The van der Waals surface area contributed by atoms with Gasteiger partial charge in [-0.05, 0) is 0 Å². The van der Waals surface area contributed by atoms with Gasteiger partial charge in [0.1, 0.15) is 12.7 Å². The van der Waals surface area contributed by atoms with Gasteiger partial charge in [-0.2, -0.15) is 0 Å². The lowest BCUT2D eigenvalue weighted by Gasteiger charge is -2.44. The Morgan fingerprint density at radius 3 is 2.16 bits per heavy atom. The van der Waals surface area contributed by atoms with E-state index in [2.05, 4.69) is 10.3 Å². The molecule has 1 saturated heterocycles. The average molecular weight is 476 g/mol. The van der Waals surface area contributed by atoms with Gasteiger partial charge in [0.05, 0.1) is 11.1 Å². The van der Waals surface area contributed by atoms with Crippen molar-refractivity contribution in [1.82, 2.24) is 4.98 Å². The van der Waals surface area contributed by atoms with Gasteiger partial charge in [-0.15, -0.1) is 0 Å². The molecule has 2 heterocycles. The van der Waals surface area contributed by atoms with Crippen LogP contribution in [-0.2, 0) is 42.9 Å². The molecule has 1 aliphatic heterocycles. The number of esters is 4. The van der Waals surface area contributed by atoms with Crippen LogP contribution in [0.25, 0.3) is 0 Å². The number of ether oxygens (including phenoxy) is 5. The Balaban J connectivity index is 2.50. The zero-order valence-corrected chi connectivity index (χ0v) is 17.8. The van der Waals surface area contributed by atoms with E-state index in [1.165, 1.54) is 13.1 Å². The molecule has 2 rings (SSSR count). The van der Waals surface area contributed by atoms with Crippen LogP contribution in [0.2, 0.25) is 0 Å². The number of aromatic nitrogens is 1. The van der Waals surface area contributed by atoms with E-state index < -0.39 is 88.7 Å². The number of carbonyl (C=O) groups excluding carboxylic acids is 5. The highest BCUT2D eigenvalue weighted by Crippen LogP contribution is 2.31. The van der Waals surface area contributed by atoms with Gasteiger partial charge < -0.3 is 29.0 Å². The molecule has 1 N–H and O–H groups in total. The first-order chi connectivity index (χ1) is 17.1. The fraction of sp³-hybridized carbons (Fsp3) is 0.579. The normalized spacial score (nSPS) is 26.3. The van der Waals surface area contributed by atoms with Crippen LogP contribution in [0, 0.1) is 0 Å². The fourth-order valence-corrected chi connectivity index (χ4v) is 3.56. The number of hydrogen-bond donors (Lipinski definition) is 1. The number of thiazole rings is 1. The van der Waals surface area contributed by atoms with Crippen molar-refractivity contribution in [3.8, 4) is 0 Å². The van der Waals surface area contributed by atoms with Gasteiger partial charge in [0.25, 0.3) is 0 Å². The predicted octanol–water partition coefficient (Wildman–Crippen LogP) is 0.841. The number of anilines is 1. The van der Waals surface area contributed by atoms with Crippen molar-refractivity contribution in [2.75, 3.05) is 11.9 Å². The summed E-state index contributed by atoms with van der Waals surface area (Å²) >= 11 is 0.932. The molecule has 1 aromatic heterocycles. The Kier molecular flexibility index (Phi) is 6.74. The second-order valence-electron chi connectivity index (χ2n) is 6.37. The largest absolute Gasteiger partial charge is 0.463 e. The summed E-state index contributed by atoms with van der Waals surface area (Å²) in [4.78, 5) is 63.6. The number of rotatable bonds is 8. The third-order valence-electron chi connectivity index (χ3n) is 3.96. The van der Waals surface area contributed by atoms with Crippen LogP contribution in [0.15, 0.2) is 6.20 Å². The molecule has 1 unspecified atom stereocenters. The lowest BCUT2D eigenvalue weighted by atomic mass is 9.97. The number of ketones is 1. The summed E-state index contributed by atoms with van der Waals surface area (Å²) in [6.45, 7) is -2.49. The topological polar surface area (TPSA) is 156 Å². The Labute approximate surface area is 193 Å². The molecule has 0 aromatic carbocycles. The fourth-order valence-electron chi connectivity index (χ4n) is 2.83. The molecule has 0 bridgehead atoms. The van der Waals surface area contributed by atoms with Crippen molar-refractivity contribution in [3.63, 3.8) is 0 Å². The third-order valence-corrected chi connectivity index (χ3v) is 4.99. The SMILES string of the molecule is [2H]CC(=O)OC[C@H]1OC(Nc2ncc(C(C)=O)s2)[C@@H](OC(=O)C[2H])[C@@H](OC(=O)C[2H])[C@@H]1OC(=O)C[2H]. The van der Waals surface area contributed by atoms with E-state index in [0.29, 0.717) is 0 Å². The van der Waals surface area contributed by atoms with Crippen molar-refractivity contribution in [2.24, 2.45) is 0 Å². The molecule has 1 fully saturated rings. The summed E-state index contributed by atoms with van der Waals surface area (Å²) in [6, 6.07) is 0. The van der Waals surface area contributed by atoms with E-state index in [4.69, 9.17) is 29.2 Å². The maximum atomic E-state index is 12.1. The van der Waals surface area contributed by atoms with Gasteiger partial charge in [-0.1, -0.05) is 11.3 Å². The zero-order chi connectivity index (χ0) is 26.8. The second kappa shape index (κ2) is 11.0. The number of nitrogens with one attached hydrogen (secondary N) is 1. The summed E-state index contributed by atoms with van der Waals surface area (Å²) in [5.41, 5.74) is 0. The number of nitrogens with zero attached hydrogens (tertiary/aromatic N) is 1. The number of Topliss-reactive ketones (excluding diaryl/α,β-unsaturated/α-hetero) is 1. The van der Waals surface area contributed by atoms with Crippen LogP contribution < -0.4 is 5.32 Å². The Morgan fingerprint density at radius 2 is 1.59 bits per heavy atom. The number of carbonyl (C=O) groups is 5. The van der Waals surface area contributed by atoms with Gasteiger partial charge >= 0.3 is 23.9 Å². The first-order valence-corrected chi connectivity index (χ1v) is 9.74. The van der Waals surface area contributed by atoms with E-state index >= 15 is 0 Å². The minimum absolute atomic E-state index is 0.131. The van der Waals surface area contributed by atoms with Gasteiger partial charge in [-0.3, -0.25) is 24.0 Å². The highest BCUT2D eigenvalue weighted by atomic mass is 32.1. The van der Waals surface area contributed by atoms with E-state index in [1.54, 1.807) is 0 Å². The first kappa shape index (κ1) is 19.6. The predicted molar refractivity (Wildman–Crippen MR) is 108 cm³/mol. The van der Waals surface area contributed by atoms with Crippen LogP contribution in [0.5, 0.6) is 0 Å². The molecule has 0 spiro atoms. The molecule has 0 amide bonds. The summed E-state index contributed by atoms with van der Waals surface area (Å²) in [5.74, 6) is -4.44. The smallest absolute Gasteiger partial charge is 0.303 e. The minimum Gasteiger partial charge on any atom is -0.463 e. The van der Waals surface area contributed by atoms with Crippen molar-refractivity contribution < 1.29 is 53.1 Å². The Hall–Kier alpha value is -3.06. The van der Waals surface area contributed by atoms with Crippen LogP contribution in [-0.4, -0.2) is 71.9 Å². The first-order valence-electron chi connectivity index (χ1n) is 11.8. The van der Waals surface area contributed by atoms with E-state index in [0.717, 1.165) is 11.3 Å². The lowest BCUT2D eigenvalue weighted by Crippen LogP contribution is -2.64. The van der Waals surface area contributed by atoms with Gasteiger partial charge in [-0.25, -0.2) is 4.98 Å². The van der Waals surface area contributed by atoms with E-state index in [9.17, 15) is 24.0 Å². The minimum atomic E-state index is -1.62. The maximum Gasteiger partial charge on any atom is 0.303 e. The van der Waals surface area contributed by atoms with Gasteiger partial charge in [0.15, 0.2) is 35.5 Å². The molecule has 12 nitrogen and oxygen atoms in total. The molecule has 0 radical (unpaired) electrons. The Morgan fingerprint density at radius 1 is 1.00 bits per heavy atom. The summed E-state index contributed by atoms with van der Waals surface area (Å²) < 4.78 is 55.4. The zero-order valence-electron chi connectivity index (χ0n) is 20.9. The second-order valence-corrected chi connectivity index (χ2v) is 7.40. The standard InChI is InChI=1S/C19H24N2O10S/c1-8(22)14-6-20-19(32-14)21-18-17(30-12(5)26)16(29-11(4)25)15(28-10(3)24)13(31-18)7-27-9(2)23/h6,13,15-18H,7H2,1-5H3,(H,20,21)/t13-,15-,16+,17+,18?/m1/s1/i2D,3D,4D,5D. The molecule has 1 aliphatic rings. The van der Waals surface area contributed by atoms with Gasteiger partial charge in [0, 0.05) is 40.0 Å². The lowest BCUT2D eigenvalue weighted by molar-refractivity contribution is -0.247. The highest BCUT2D eigenvalue weighted by Gasteiger charge is 2.52. The maximum absolute atomic E-state index is 12.1. The molecule has 5 atom stereocenters. The molecule has 0 aliphatic carbocycles. The molecule has 1 aromatic rings. The van der Waals surface area contributed by atoms with E-state index in [1.807, 2.05) is 0 Å². The number of hydrogen-bond acceptors (Lipinski definition) is 13. The molecular weight excluding hydrogens is 448 g/mol. The molecular formula is C19H24N2O10S. The quantitative estimate of drug-likeness (QED) is 0.321. The Bertz CT molecular complexity index is 964. The van der Waals surface area contributed by atoms with Crippen molar-refractivity contribution >= 4 is 46.1 Å². The van der Waals surface area contributed by atoms with Crippen LogP contribution in [0.3, 0.4) is 0 Å². The van der Waals surface area contributed by atoms with Crippen molar-refractivity contribution in [3.05, 3.63) is 11.1 Å². The summed E-state index contributed by atoms with van der Waals surface area (Å²) in [7, 11) is 0. The van der Waals surface area contributed by atoms with Gasteiger partial charge in [0.2, 0.25) is 0 Å². The summed E-state index contributed by atoms with van der Waals surface area (Å²) in [6.07, 6.45) is -6.20. The van der Waals surface area contributed by atoms with Crippen LogP contribution in [0.1, 0.15) is 49.7 Å². The monoisotopic (exact) mass is 476 g/mol. The average Bonchev–Trinajstić information content (AvgIpc) is 3.34. The van der Waals surface area contributed by atoms with E-state index in [-0.39, 0.29) is 15.8 Å². The molecule has 176 valence electrons. The van der Waals surface area contributed by atoms with Crippen molar-refractivity contribution in [2.45, 2.75) is 65.2 Å². The van der Waals surface area contributed by atoms with Crippen LogP contribution in [0.4, 0.5) is 5.13 Å². The molecule has 13 heteroatoms. The third kappa shape index (κ3) is 6.99.